The molecule has 0 heterocycles. The fourth-order valence-electron chi connectivity index (χ4n) is 1.59. The topological polar surface area (TPSA) is 66.4 Å². The molecule has 0 saturated carbocycles. The van der Waals surface area contributed by atoms with Crippen LogP contribution >= 0.6 is 0 Å². The van der Waals surface area contributed by atoms with Crippen molar-refractivity contribution in [2.75, 3.05) is 7.11 Å². The summed E-state index contributed by atoms with van der Waals surface area (Å²) >= 11 is 0. The first-order chi connectivity index (χ1) is 7.77. The van der Waals surface area contributed by atoms with Crippen LogP contribution in [0.1, 0.15) is 32.3 Å². The van der Waals surface area contributed by atoms with Crippen molar-refractivity contribution < 1.29 is 47.3 Å². The largest absolute Gasteiger partial charge is 1.00 e. The summed E-state index contributed by atoms with van der Waals surface area (Å²) in [4.78, 5) is -0.182. The SMILES string of the molecule is COc1ccc(C(C)C(C)C)c(S(=O)(=O)[O-])c1.[Na+]. The van der Waals surface area contributed by atoms with Crippen LogP contribution in [0.4, 0.5) is 0 Å². The Labute approximate surface area is 131 Å². The number of rotatable bonds is 4. The number of ether oxygens (including phenoxy) is 1. The second kappa shape index (κ2) is 6.91. The number of benzene rings is 1. The number of hydrogen-bond donors (Lipinski definition) is 0. The van der Waals surface area contributed by atoms with E-state index in [1.54, 1.807) is 12.1 Å². The molecule has 96 valence electrons. The monoisotopic (exact) mass is 280 g/mol. The Kier molecular flexibility index (Phi) is 6.89. The fourth-order valence-corrected chi connectivity index (χ4v) is 2.40. The summed E-state index contributed by atoms with van der Waals surface area (Å²) < 4.78 is 38.7. The Morgan fingerprint density at radius 1 is 1.22 bits per heavy atom. The molecule has 1 rings (SSSR count). The van der Waals surface area contributed by atoms with E-state index in [0.29, 0.717) is 11.3 Å². The quantitative estimate of drug-likeness (QED) is 0.544. The maximum Gasteiger partial charge on any atom is 1.00 e. The van der Waals surface area contributed by atoms with Gasteiger partial charge in [-0.05, 0) is 29.5 Å². The molecule has 18 heavy (non-hydrogen) atoms. The summed E-state index contributed by atoms with van der Waals surface area (Å²) in [7, 11) is -3.04. The summed E-state index contributed by atoms with van der Waals surface area (Å²) in [5.41, 5.74) is 0.552. The van der Waals surface area contributed by atoms with Gasteiger partial charge in [-0.25, -0.2) is 8.42 Å². The summed E-state index contributed by atoms with van der Waals surface area (Å²) in [5.74, 6) is 0.627. The van der Waals surface area contributed by atoms with Gasteiger partial charge in [0.2, 0.25) is 0 Å². The maximum atomic E-state index is 11.2. The number of hydrogen-bond acceptors (Lipinski definition) is 4. The average Bonchev–Trinajstić information content (AvgIpc) is 2.26. The predicted octanol–water partition coefficient (Wildman–Crippen LogP) is -0.637. The predicted molar refractivity (Wildman–Crippen MR) is 64.2 cm³/mol. The van der Waals surface area contributed by atoms with E-state index in [-0.39, 0.29) is 46.3 Å². The first kappa shape index (κ1) is 17.9. The van der Waals surface area contributed by atoms with E-state index >= 15 is 0 Å². The van der Waals surface area contributed by atoms with Gasteiger partial charge < -0.3 is 9.29 Å². The van der Waals surface area contributed by atoms with Crippen molar-refractivity contribution in [3.8, 4) is 5.75 Å². The molecule has 1 aromatic carbocycles. The van der Waals surface area contributed by atoms with Gasteiger partial charge in [-0.1, -0.05) is 26.8 Å². The molecule has 4 nitrogen and oxygen atoms in total. The Morgan fingerprint density at radius 2 is 1.78 bits per heavy atom. The summed E-state index contributed by atoms with van der Waals surface area (Å²) in [6.07, 6.45) is 0. The van der Waals surface area contributed by atoms with Crippen molar-refractivity contribution in [1.82, 2.24) is 0 Å². The maximum absolute atomic E-state index is 11.2. The first-order valence-electron chi connectivity index (χ1n) is 5.41. The van der Waals surface area contributed by atoms with Crippen LogP contribution in [0.25, 0.3) is 0 Å². The molecule has 0 radical (unpaired) electrons. The zero-order chi connectivity index (χ0) is 13.2. The summed E-state index contributed by atoms with van der Waals surface area (Å²) in [6.45, 7) is 5.87. The van der Waals surface area contributed by atoms with Crippen LogP contribution < -0.4 is 34.3 Å². The van der Waals surface area contributed by atoms with Crippen molar-refractivity contribution in [2.24, 2.45) is 5.92 Å². The van der Waals surface area contributed by atoms with Crippen molar-refractivity contribution in [3.63, 3.8) is 0 Å². The van der Waals surface area contributed by atoms with Crippen LogP contribution in [0.5, 0.6) is 5.75 Å². The molecule has 0 fully saturated rings. The third-order valence-electron chi connectivity index (χ3n) is 2.98. The molecule has 0 amide bonds. The molecule has 0 aliphatic carbocycles. The Hall–Kier alpha value is -0.0700. The molecule has 0 aromatic heterocycles. The van der Waals surface area contributed by atoms with Crippen LogP contribution in [-0.2, 0) is 10.1 Å². The van der Waals surface area contributed by atoms with Gasteiger partial charge in [0.25, 0.3) is 0 Å². The van der Waals surface area contributed by atoms with E-state index in [9.17, 15) is 13.0 Å². The standard InChI is InChI=1S/C12H18O4S.Na/c1-8(2)9(3)11-6-5-10(16-4)7-12(11)17(13,14)15;/h5-9H,1-4H3,(H,13,14,15);/q;+1/p-1. The van der Waals surface area contributed by atoms with E-state index in [1.165, 1.54) is 13.2 Å². The second-order valence-corrected chi connectivity index (χ2v) is 5.74. The van der Waals surface area contributed by atoms with Gasteiger partial charge in [0.1, 0.15) is 15.9 Å². The third kappa shape index (κ3) is 4.24. The Balaban J connectivity index is 0.00000289. The first-order valence-corrected chi connectivity index (χ1v) is 6.82. The molecular weight excluding hydrogens is 263 g/mol. The molecule has 1 aromatic rings. The van der Waals surface area contributed by atoms with E-state index in [2.05, 4.69) is 0 Å². The number of methoxy groups -OCH3 is 1. The molecule has 0 bridgehead atoms. The van der Waals surface area contributed by atoms with Crippen LogP contribution in [0.2, 0.25) is 0 Å². The fraction of sp³-hybridized carbons (Fsp3) is 0.500. The average molecular weight is 280 g/mol. The van der Waals surface area contributed by atoms with E-state index in [4.69, 9.17) is 4.74 Å². The van der Waals surface area contributed by atoms with Crippen molar-refractivity contribution in [1.29, 1.82) is 0 Å². The molecule has 0 aliphatic rings. The minimum absolute atomic E-state index is 0. The Bertz CT molecular complexity index is 497. The minimum Gasteiger partial charge on any atom is -0.744 e. The zero-order valence-corrected chi connectivity index (χ0v) is 14.2. The Morgan fingerprint density at radius 3 is 2.17 bits per heavy atom. The van der Waals surface area contributed by atoms with Crippen LogP contribution in [0.15, 0.2) is 23.1 Å². The van der Waals surface area contributed by atoms with Crippen LogP contribution in [-0.4, -0.2) is 20.1 Å². The van der Waals surface area contributed by atoms with E-state index in [1.807, 2.05) is 20.8 Å². The van der Waals surface area contributed by atoms with E-state index in [0.717, 1.165) is 0 Å². The normalized spacial score (nSPS) is 13.0. The van der Waals surface area contributed by atoms with Gasteiger partial charge in [-0.15, -0.1) is 0 Å². The van der Waals surface area contributed by atoms with Crippen molar-refractivity contribution in [2.45, 2.75) is 31.6 Å². The van der Waals surface area contributed by atoms with Crippen molar-refractivity contribution in [3.05, 3.63) is 23.8 Å². The smallest absolute Gasteiger partial charge is 0.744 e. The molecule has 0 aliphatic heterocycles. The van der Waals surface area contributed by atoms with Gasteiger partial charge in [-0.2, -0.15) is 0 Å². The van der Waals surface area contributed by atoms with Gasteiger partial charge >= 0.3 is 29.6 Å². The molecule has 0 spiro atoms. The molecule has 1 atom stereocenters. The molecule has 6 heteroatoms. The van der Waals surface area contributed by atoms with E-state index < -0.39 is 10.1 Å². The second-order valence-electron chi connectivity index (χ2n) is 4.39. The van der Waals surface area contributed by atoms with Crippen LogP contribution in [0.3, 0.4) is 0 Å². The molecule has 1 unspecified atom stereocenters. The van der Waals surface area contributed by atoms with Crippen molar-refractivity contribution >= 4 is 10.1 Å². The minimum atomic E-state index is -4.47. The van der Waals surface area contributed by atoms with Crippen LogP contribution in [0, 0.1) is 5.92 Å². The van der Waals surface area contributed by atoms with Gasteiger partial charge in [0, 0.05) is 0 Å². The van der Waals surface area contributed by atoms with Gasteiger partial charge in [0.05, 0.1) is 12.0 Å². The molecule has 0 saturated heterocycles. The molecular formula is C12H17NaO4S. The van der Waals surface area contributed by atoms with Gasteiger partial charge in [0.15, 0.2) is 0 Å². The zero-order valence-electron chi connectivity index (χ0n) is 11.4. The van der Waals surface area contributed by atoms with Gasteiger partial charge in [-0.3, -0.25) is 0 Å². The molecule has 0 N–H and O–H groups in total. The third-order valence-corrected chi connectivity index (χ3v) is 3.87. The summed E-state index contributed by atoms with van der Waals surface area (Å²) in [6, 6.07) is 4.60. The summed E-state index contributed by atoms with van der Waals surface area (Å²) in [5, 5.41) is 0.